The second-order valence-electron chi connectivity index (χ2n) is 7.61. The maximum Gasteiger partial charge on any atom is 0.264 e. The minimum Gasteiger partial charge on any atom is -0.497 e. The zero-order chi connectivity index (χ0) is 25.6. The summed E-state index contributed by atoms with van der Waals surface area (Å²) in [7, 11) is -1.19. The Morgan fingerprint density at radius 1 is 1.03 bits per heavy atom. The Morgan fingerprint density at radius 2 is 1.74 bits per heavy atom. The van der Waals surface area contributed by atoms with Crippen LogP contribution in [0.4, 0.5) is 5.69 Å². The number of benzene rings is 3. The van der Waals surface area contributed by atoms with Gasteiger partial charge in [0.15, 0.2) is 0 Å². The lowest BCUT2D eigenvalue weighted by Gasteiger charge is -2.25. The van der Waals surface area contributed by atoms with E-state index in [1.54, 1.807) is 31.2 Å². The standard InChI is InChI=1S/C25H26IN3O5S/c1-17-8-11-22(12-9-17)35(31,32)29(23-13-10-21(33-3)15-24(23)34-4)16-25(30)28-27-18(2)19-6-5-7-20(26)14-19/h5-15H,16H2,1-4H3,(H,28,30)/b27-18-. The van der Waals surface area contributed by atoms with Crippen LogP contribution in [-0.2, 0) is 14.8 Å². The Balaban J connectivity index is 1.96. The first-order valence-corrected chi connectivity index (χ1v) is 13.1. The highest BCUT2D eigenvalue weighted by atomic mass is 127. The summed E-state index contributed by atoms with van der Waals surface area (Å²) in [5, 5.41) is 4.16. The second kappa shape index (κ2) is 11.5. The Hall–Kier alpha value is -3.12. The van der Waals surface area contributed by atoms with Crippen LogP contribution in [0.5, 0.6) is 11.5 Å². The molecule has 3 aromatic rings. The van der Waals surface area contributed by atoms with Gasteiger partial charge in [-0.25, -0.2) is 13.8 Å². The van der Waals surface area contributed by atoms with Gasteiger partial charge < -0.3 is 9.47 Å². The fraction of sp³-hybridized carbons (Fsp3) is 0.200. The van der Waals surface area contributed by atoms with Crippen LogP contribution < -0.4 is 19.2 Å². The number of methoxy groups -OCH3 is 2. The van der Waals surface area contributed by atoms with Crippen molar-refractivity contribution in [3.8, 4) is 11.5 Å². The van der Waals surface area contributed by atoms with Crippen molar-refractivity contribution in [3.05, 3.63) is 81.4 Å². The Morgan fingerprint density at radius 3 is 2.37 bits per heavy atom. The van der Waals surface area contributed by atoms with Crippen molar-refractivity contribution in [3.63, 3.8) is 0 Å². The molecule has 10 heteroatoms. The summed E-state index contributed by atoms with van der Waals surface area (Å²) in [6, 6.07) is 18.8. The number of hydrazone groups is 1. The number of carbonyl (C=O) groups is 1. The molecule has 0 aliphatic rings. The number of nitrogens with zero attached hydrogens (tertiary/aromatic N) is 2. The second-order valence-corrected chi connectivity index (χ2v) is 10.7. The van der Waals surface area contributed by atoms with Gasteiger partial charge in [-0.15, -0.1) is 0 Å². The summed E-state index contributed by atoms with van der Waals surface area (Å²) in [4.78, 5) is 12.9. The zero-order valence-electron chi connectivity index (χ0n) is 19.8. The van der Waals surface area contributed by atoms with Crippen molar-refractivity contribution < 1.29 is 22.7 Å². The zero-order valence-corrected chi connectivity index (χ0v) is 22.8. The average Bonchev–Trinajstić information content (AvgIpc) is 2.85. The Kier molecular flexibility index (Phi) is 8.73. The van der Waals surface area contributed by atoms with Crippen LogP contribution in [0, 0.1) is 10.5 Å². The molecule has 0 saturated carbocycles. The molecule has 0 atom stereocenters. The molecular weight excluding hydrogens is 581 g/mol. The lowest BCUT2D eigenvalue weighted by atomic mass is 10.1. The van der Waals surface area contributed by atoms with E-state index in [2.05, 4.69) is 33.1 Å². The number of hydrogen-bond donors (Lipinski definition) is 1. The summed E-state index contributed by atoms with van der Waals surface area (Å²) in [5.41, 5.74) is 5.01. The van der Waals surface area contributed by atoms with E-state index in [4.69, 9.17) is 9.47 Å². The van der Waals surface area contributed by atoms with Crippen LogP contribution in [0.1, 0.15) is 18.1 Å². The van der Waals surface area contributed by atoms with Gasteiger partial charge in [0.25, 0.3) is 15.9 Å². The normalized spacial score (nSPS) is 11.6. The third-order valence-electron chi connectivity index (χ3n) is 5.14. The molecule has 0 heterocycles. The van der Waals surface area contributed by atoms with Gasteiger partial charge in [0.1, 0.15) is 18.0 Å². The molecule has 3 rings (SSSR count). The number of rotatable bonds is 9. The minimum atomic E-state index is -4.11. The van der Waals surface area contributed by atoms with E-state index in [1.165, 1.54) is 32.4 Å². The maximum absolute atomic E-state index is 13.6. The number of amides is 1. The summed E-state index contributed by atoms with van der Waals surface area (Å²) in [5.74, 6) is 0.121. The lowest BCUT2D eigenvalue weighted by molar-refractivity contribution is -0.119. The van der Waals surface area contributed by atoms with Gasteiger partial charge in [0, 0.05) is 9.64 Å². The van der Waals surface area contributed by atoms with Gasteiger partial charge in [0.05, 0.1) is 30.5 Å². The predicted octanol–water partition coefficient (Wildman–Crippen LogP) is 4.35. The quantitative estimate of drug-likeness (QED) is 0.222. The van der Waals surface area contributed by atoms with Crippen LogP contribution in [0.25, 0.3) is 0 Å². The first kappa shape index (κ1) is 26.5. The largest absolute Gasteiger partial charge is 0.497 e. The molecule has 0 unspecified atom stereocenters. The van der Waals surface area contributed by atoms with Gasteiger partial charge in [0.2, 0.25) is 0 Å². The van der Waals surface area contributed by atoms with Crippen molar-refractivity contribution in [2.45, 2.75) is 18.7 Å². The predicted molar refractivity (Wildman–Crippen MR) is 145 cm³/mol. The van der Waals surface area contributed by atoms with E-state index < -0.39 is 22.5 Å². The minimum absolute atomic E-state index is 0.0484. The van der Waals surface area contributed by atoms with Gasteiger partial charge in [-0.3, -0.25) is 9.10 Å². The van der Waals surface area contributed by atoms with E-state index in [0.717, 1.165) is 19.0 Å². The van der Waals surface area contributed by atoms with Gasteiger partial charge in [-0.2, -0.15) is 5.10 Å². The molecule has 0 aromatic heterocycles. The highest BCUT2D eigenvalue weighted by molar-refractivity contribution is 14.1. The Bertz CT molecular complexity index is 1340. The molecule has 8 nitrogen and oxygen atoms in total. The smallest absolute Gasteiger partial charge is 0.264 e. The van der Waals surface area contributed by atoms with Gasteiger partial charge in [-0.1, -0.05) is 29.8 Å². The number of carbonyl (C=O) groups excluding carboxylic acids is 1. The summed E-state index contributed by atoms with van der Waals surface area (Å²) in [6.07, 6.45) is 0. The van der Waals surface area contributed by atoms with Crippen molar-refractivity contribution in [2.75, 3.05) is 25.1 Å². The maximum atomic E-state index is 13.6. The number of ether oxygens (including phenoxy) is 2. The lowest BCUT2D eigenvalue weighted by Crippen LogP contribution is -2.40. The van der Waals surface area contributed by atoms with Gasteiger partial charge >= 0.3 is 0 Å². The third kappa shape index (κ3) is 6.51. The molecule has 0 spiro atoms. The van der Waals surface area contributed by atoms with Crippen molar-refractivity contribution in [2.24, 2.45) is 5.10 Å². The monoisotopic (exact) mass is 607 g/mol. The van der Waals surface area contributed by atoms with E-state index in [-0.39, 0.29) is 16.3 Å². The highest BCUT2D eigenvalue weighted by Crippen LogP contribution is 2.35. The summed E-state index contributed by atoms with van der Waals surface area (Å²) >= 11 is 2.19. The van der Waals surface area contributed by atoms with Crippen molar-refractivity contribution in [1.29, 1.82) is 0 Å². The van der Waals surface area contributed by atoms with E-state index >= 15 is 0 Å². The molecule has 0 aliphatic carbocycles. The van der Waals surface area contributed by atoms with Crippen LogP contribution in [-0.4, -0.2) is 40.8 Å². The molecule has 0 fully saturated rings. The molecular formula is C25H26IN3O5S. The van der Waals surface area contributed by atoms with Crippen LogP contribution >= 0.6 is 22.6 Å². The Labute approximate surface area is 219 Å². The number of sulfonamides is 1. The molecule has 35 heavy (non-hydrogen) atoms. The van der Waals surface area contributed by atoms with Crippen LogP contribution in [0.15, 0.2) is 76.7 Å². The molecule has 0 bridgehead atoms. The van der Waals surface area contributed by atoms with Crippen molar-refractivity contribution >= 4 is 49.9 Å². The number of anilines is 1. The first-order valence-electron chi connectivity index (χ1n) is 10.6. The number of hydrogen-bond acceptors (Lipinski definition) is 6. The third-order valence-corrected chi connectivity index (χ3v) is 7.59. The summed E-state index contributed by atoms with van der Waals surface area (Å²) in [6.45, 7) is 3.11. The summed E-state index contributed by atoms with van der Waals surface area (Å²) < 4.78 is 39.9. The molecule has 0 aliphatic heterocycles. The fourth-order valence-electron chi connectivity index (χ4n) is 3.22. The van der Waals surface area contributed by atoms with E-state index in [1.807, 2.05) is 31.2 Å². The number of nitrogens with one attached hydrogen (secondary N) is 1. The molecule has 1 N–H and O–H groups in total. The topological polar surface area (TPSA) is 97.3 Å². The van der Waals surface area contributed by atoms with Crippen LogP contribution in [0.3, 0.4) is 0 Å². The SMILES string of the molecule is COc1ccc(N(CC(=O)N/N=C(/C)c2cccc(I)c2)S(=O)(=O)c2ccc(C)cc2)c(OC)c1. The van der Waals surface area contributed by atoms with E-state index in [9.17, 15) is 13.2 Å². The number of halogens is 1. The molecule has 0 saturated heterocycles. The molecule has 1 amide bonds. The number of aryl methyl sites for hydroxylation is 1. The first-order chi connectivity index (χ1) is 16.6. The van der Waals surface area contributed by atoms with Gasteiger partial charge in [-0.05, 0) is 78.4 Å². The molecule has 0 radical (unpaired) electrons. The average molecular weight is 607 g/mol. The van der Waals surface area contributed by atoms with Crippen LogP contribution in [0.2, 0.25) is 0 Å². The molecule has 3 aromatic carbocycles. The van der Waals surface area contributed by atoms with E-state index in [0.29, 0.717) is 11.5 Å². The fourth-order valence-corrected chi connectivity index (χ4v) is 5.19. The van der Waals surface area contributed by atoms with Crippen molar-refractivity contribution in [1.82, 2.24) is 5.43 Å². The molecule has 184 valence electrons. The highest BCUT2D eigenvalue weighted by Gasteiger charge is 2.29.